The molecule has 0 aliphatic rings. The first-order valence-corrected chi connectivity index (χ1v) is 3.86. The summed E-state index contributed by atoms with van der Waals surface area (Å²) in [6, 6.07) is 0. The third-order valence-electron chi connectivity index (χ3n) is 0.577. The average Bonchev–Trinajstić information content (AvgIpc) is 1.41. The number of rotatable bonds is 2. The van der Waals surface area contributed by atoms with Crippen LogP contribution in [0.15, 0.2) is 0 Å². The predicted molar refractivity (Wildman–Crippen MR) is 32.5 cm³/mol. The van der Waals surface area contributed by atoms with E-state index in [-0.39, 0.29) is 85.3 Å². The van der Waals surface area contributed by atoms with Crippen LogP contribution < -0.4 is 67.9 Å². The van der Waals surface area contributed by atoms with Gasteiger partial charge in [0, 0.05) is 0 Å². The Morgan fingerprint density at radius 3 is 1.00 bits per heavy atom. The fourth-order valence-corrected chi connectivity index (χ4v) is 0.866. The molecule has 0 unspecified atom stereocenters. The summed E-state index contributed by atoms with van der Waals surface area (Å²) in [7, 11) is 0. The largest absolute Gasteiger partial charge is 3.00 e. The third-order valence-corrected chi connectivity index (χ3v) is 1.73. The summed E-state index contributed by atoms with van der Waals surface area (Å²) in [6.45, 7) is 4.50. The van der Waals surface area contributed by atoms with Crippen LogP contribution in [0.1, 0.15) is 13.8 Å². The van der Waals surface area contributed by atoms with E-state index in [1.54, 1.807) is 0 Å². The quantitative estimate of drug-likeness (QED) is 0.381. The summed E-state index contributed by atoms with van der Waals surface area (Å²) in [6.07, 6.45) is 0. The summed E-state index contributed by atoms with van der Waals surface area (Å²) in [5, 5.41) is 2.85. The van der Waals surface area contributed by atoms with Gasteiger partial charge in [-0.15, -0.1) is 0 Å². The molecule has 0 aliphatic heterocycles. The molecular formula is C4H10Al2Br4. The Morgan fingerprint density at radius 1 is 0.800 bits per heavy atom. The van der Waals surface area contributed by atoms with Crippen LogP contribution in [0.3, 0.4) is 0 Å². The summed E-state index contributed by atoms with van der Waals surface area (Å²) in [5.41, 5.74) is 0. The van der Waals surface area contributed by atoms with Crippen LogP contribution in [0.2, 0.25) is 10.6 Å². The van der Waals surface area contributed by atoms with Crippen molar-refractivity contribution >= 4 is 32.6 Å². The summed E-state index contributed by atoms with van der Waals surface area (Å²) in [5.74, 6) is 0. The van der Waals surface area contributed by atoms with Crippen LogP contribution in [-0.2, 0) is 0 Å². The maximum absolute atomic E-state index is 2.25. The monoisotopic (exact) mass is 428 g/mol. The molecule has 0 aromatic carbocycles. The smallest absolute Gasteiger partial charge is 1.00 e. The van der Waals surface area contributed by atoms with E-state index in [9.17, 15) is 0 Å². The molecule has 0 saturated heterocycles. The van der Waals surface area contributed by atoms with E-state index in [0.29, 0.717) is 0 Å². The Labute approximate surface area is 123 Å². The molecule has 0 radical (unpaired) electrons. The van der Waals surface area contributed by atoms with Gasteiger partial charge in [-0.05, 0) is 0 Å². The standard InChI is InChI=1S/2C2H5.2Al.4BrH/c2*1-2;;;;;;/h2*1H2,2H3;;;4*1H/q;;+1;+3;;;;/p-4. The molecule has 0 heterocycles. The molecule has 0 N–H and O–H groups in total. The van der Waals surface area contributed by atoms with E-state index in [1.807, 2.05) is 0 Å². The van der Waals surface area contributed by atoms with Crippen LogP contribution in [0, 0.1) is 0 Å². The SMILES string of the molecule is C[CH2][Al+][CH2]C.[Al+3].[Br-].[Br-].[Br-].[Br-]. The second kappa shape index (κ2) is 40.4. The zero-order valence-electron chi connectivity index (χ0n) is 6.08. The molecule has 6 heteroatoms. The Balaban J connectivity index is -0.00000000800. The van der Waals surface area contributed by atoms with E-state index in [2.05, 4.69) is 13.8 Å². The fourth-order valence-electron chi connectivity index (χ4n) is 0.289. The Bertz CT molecular complexity index is 22.7. The van der Waals surface area contributed by atoms with Gasteiger partial charge in [-0.3, -0.25) is 0 Å². The average molecular weight is 432 g/mol. The first-order chi connectivity index (χ1) is 2.41. The molecule has 0 saturated carbocycles. The van der Waals surface area contributed by atoms with Crippen LogP contribution >= 0.6 is 0 Å². The normalized spacial score (nSPS) is 3.40. The Hall–Kier alpha value is 2.98. The molecule has 0 spiro atoms. The summed E-state index contributed by atoms with van der Waals surface area (Å²) >= 11 is 0.815. The molecule has 0 fully saturated rings. The van der Waals surface area contributed by atoms with Gasteiger partial charge in [-0.2, -0.15) is 0 Å². The second-order valence-electron chi connectivity index (χ2n) is 1.11. The first-order valence-electron chi connectivity index (χ1n) is 2.23. The molecule has 10 heavy (non-hydrogen) atoms. The van der Waals surface area contributed by atoms with Crippen molar-refractivity contribution < 1.29 is 67.9 Å². The number of hydrogen-bond donors (Lipinski definition) is 0. The molecular weight excluding hydrogens is 422 g/mol. The van der Waals surface area contributed by atoms with Crippen molar-refractivity contribution in [3.63, 3.8) is 0 Å². The third kappa shape index (κ3) is 44.1. The molecule has 0 aliphatic carbocycles. The van der Waals surface area contributed by atoms with Gasteiger partial charge in [0.1, 0.15) is 0 Å². The molecule has 0 aromatic rings. The van der Waals surface area contributed by atoms with Gasteiger partial charge < -0.3 is 67.9 Å². The van der Waals surface area contributed by atoms with E-state index in [4.69, 9.17) is 0 Å². The minimum absolute atomic E-state index is 0. The molecule has 0 aromatic heterocycles. The van der Waals surface area contributed by atoms with Gasteiger partial charge in [0.05, 0.1) is 0 Å². The van der Waals surface area contributed by atoms with Gasteiger partial charge >= 0.3 is 57.0 Å². The Kier molecular flexibility index (Phi) is 154. The maximum atomic E-state index is 2.25. The summed E-state index contributed by atoms with van der Waals surface area (Å²) in [4.78, 5) is 0. The van der Waals surface area contributed by atoms with Crippen molar-refractivity contribution in [1.29, 1.82) is 0 Å². The van der Waals surface area contributed by atoms with Crippen molar-refractivity contribution in [3.8, 4) is 0 Å². The predicted octanol–water partition coefficient (Wildman–Crippen LogP) is -10.8. The van der Waals surface area contributed by atoms with E-state index in [1.165, 1.54) is 10.6 Å². The van der Waals surface area contributed by atoms with Crippen molar-refractivity contribution in [3.05, 3.63) is 0 Å². The molecule has 0 amide bonds. The van der Waals surface area contributed by atoms with Gasteiger partial charge in [0.25, 0.3) is 0 Å². The van der Waals surface area contributed by atoms with Crippen molar-refractivity contribution in [2.24, 2.45) is 0 Å². The summed E-state index contributed by atoms with van der Waals surface area (Å²) < 4.78 is 0. The van der Waals surface area contributed by atoms with E-state index in [0.717, 1.165) is 15.2 Å². The van der Waals surface area contributed by atoms with Gasteiger partial charge in [-0.25, -0.2) is 0 Å². The molecule has 60 valence electrons. The van der Waals surface area contributed by atoms with E-state index < -0.39 is 0 Å². The zero-order chi connectivity index (χ0) is 4.12. The topological polar surface area (TPSA) is 0 Å². The molecule has 0 rings (SSSR count). The second-order valence-corrected chi connectivity index (χ2v) is 3.32. The van der Waals surface area contributed by atoms with Crippen molar-refractivity contribution in [2.45, 2.75) is 24.4 Å². The van der Waals surface area contributed by atoms with Crippen LogP contribution in [0.5, 0.6) is 0 Å². The molecule has 0 bridgehead atoms. The maximum Gasteiger partial charge on any atom is 3.00 e. The van der Waals surface area contributed by atoms with Gasteiger partial charge in [0.15, 0.2) is 0 Å². The number of halogens is 4. The van der Waals surface area contributed by atoms with Crippen LogP contribution in [0.25, 0.3) is 0 Å². The number of hydrogen-bond acceptors (Lipinski definition) is 0. The zero-order valence-corrected chi connectivity index (χ0v) is 14.7. The van der Waals surface area contributed by atoms with Gasteiger partial charge in [0.2, 0.25) is 0 Å². The minimum Gasteiger partial charge on any atom is -1.00 e. The van der Waals surface area contributed by atoms with E-state index >= 15 is 0 Å². The van der Waals surface area contributed by atoms with Crippen LogP contribution in [0.4, 0.5) is 0 Å². The fraction of sp³-hybridized carbons (Fsp3) is 1.00. The minimum atomic E-state index is 0. The van der Waals surface area contributed by atoms with Crippen LogP contribution in [-0.4, -0.2) is 32.6 Å². The van der Waals surface area contributed by atoms with Gasteiger partial charge in [-0.1, -0.05) is 0 Å². The molecule has 0 nitrogen and oxygen atoms in total. The first kappa shape index (κ1) is 38.2. The molecule has 0 atom stereocenters. The van der Waals surface area contributed by atoms with Crippen molar-refractivity contribution in [2.75, 3.05) is 0 Å². The Morgan fingerprint density at radius 2 is 1.00 bits per heavy atom. The van der Waals surface area contributed by atoms with Crippen molar-refractivity contribution in [1.82, 2.24) is 0 Å².